The van der Waals surface area contributed by atoms with Crippen molar-refractivity contribution in [3.8, 4) is 0 Å². The van der Waals surface area contributed by atoms with E-state index in [0.29, 0.717) is 6.54 Å². The minimum Gasteiger partial charge on any atom is -0.354 e. The summed E-state index contributed by atoms with van der Waals surface area (Å²) in [6.45, 7) is 6.06. The zero-order valence-corrected chi connectivity index (χ0v) is 10.6. The molecule has 0 radical (unpaired) electrons. The Morgan fingerprint density at radius 2 is 2.12 bits per heavy atom. The number of unbranched alkanes of at least 4 members (excludes halogenated alkanes) is 2. The number of hydrogen-bond donors (Lipinski definition) is 3. The lowest BCUT2D eigenvalue weighted by molar-refractivity contribution is -0.126. The third-order valence-corrected chi connectivity index (χ3v) is 2.45. The highest BCUT2D eigenvalue weighted by molar-refractivity contribution is 7.80. The Morgan fingerprint density at radius 3 is 2.62 bits per heavy atom. The molecule has 2 N–H and O–H groups in total. The molecule has 92 valence electrons. The molecular weight excluding hydrogens is 224 g/mol. The summed E-state index contributed by atoms with van der Waals surface area (Å²) >= 11 is 4.02. The molecule has 0 aromatic carbocycles. The quantitative estimate of drug-likeness (QED) is 0.337. The van der Waals surface area contributed by atoms with Crippen LogP contribution in [0.3, 0.4) is 0 Å². The fourth-order valence-corrected chi connectivity index (χ4v) is 1.39. The van der Waals surface area contributed by atoms with Crippen molar-refractivity contribution >= 4 is 24.4 Å². The summed E-state index contributed by atoms with van der Waals surface area (Å²) in [5.74, 6) is -0.275. The maximum absolute atomic E-state index is 11.6. The molecule has 0 aliphatic heterocycles. The van der Waals surface area contributed by atoms with Crippen LogP contribution in [0.15, 0.2) is 12.7 Å². The van der Waals surface area contributed by atoms with Gasteiger partial charge in [-0.15, -0.1) is 0 Å². The summed E-state index contributed by atoms with van der Waals surface area (Å²) in [6.07, 6.45) is 4.29. The molecule has 0 spiro atoms. The second-order valence-electron chi connectivity index (χ2n) is 3.45. The first-order valence-corrected chi connectivity index (χ1v) is 6.10. The Kier molecular flexibility index (Phi) is 8.71. The van der Waals surface area contributed by atoms with Crippen molar-refractivity contribution in [2.24, 2.45) is 0 Å². The number of nitrogens with one attached hydrogen (secondary N) is 2. The van der Waals surface area contributed by atoms with E-state index in [2.05, 4.69) is 36.8 Å². The number of rotatable bonds is 8. The molecule has 0 aromatic rings. The van der Waals surface area contributed by atoms with Gasteiger partial charge in [0, 0.05) is 12.3 Å². The SMILES string of the molecule is C=CC(=O)NC(CS)C(=O)NCCCCC. The van der Waals surface area contributed by atoms with Crippen LogP contribution in [-0.2, 0) is 9.59 Å². The molecule has 0 aliphatic carbocycles. The summed E-state index contributed by atoms with van der Waals surface area (Å²) in [7, 11) is 0. The maximum Gasteiger partial charge on any atom is 0.244 e. The van der Waals surface area contributed by atoms with Gasteiger partial charge in [-0.2, -0.15) is 12.6 Å². The third kappa shape index (κ3) is 6.50. The van der Waals surface area contributed by atoms with Gasteiger partial charge in [-0.1, -0.05) is 26.3 Å². The molecule has 0 heterocycles. The van der Waals surface area contributed by atoms with Crippen LogP contribution in [-0.4, -0.2) is 30.2 Å². The third-order valence-electron chi connectivity index (χ3n) is 2.08. The average Bonchev–Trinajstić information content (AvgIpc) is 2.30. The molecule has 0 saturated heterocycles. The van der Waals surface area contributed by atoms with Gasteiger partial charge in [0.15, 0.2) is 0 Å². The fraction of sp³-hybridized carbons (Fsp3) is 0.636. The second kappa shape index (κ2) is 9.27. The molecule has 0 rings (SSSR count). The Labute approximate surface area is 102 Å². The molecule has 0 aromatic heterocycles. The monoisotopic (exact) mass is 244 g/mol. The number of thiol groups is 1. The second-order valence-corrected chi connectivity index (χ2v) is 3.81. The van der Waals surface area contributed by atoms with Crippen molar-refractivity contribution in [2.45, 2.75) is 32.2 Å². The first-order chi connectivity index (χ1) is 7.65. The summed E-state index contributed by atoms with van der Waals surface area (Å²) in [5, 5.41) is 5.27. The molecule has 0 bridgehead atoms. The molecule has 0 aliphatic rings. The Balaban J connectivity index is 3.91. The van der Waals surface area contributed by atoms with E-state index in [1.54, 1.807) is 0 Å². The minimum atomic E-state index is -0.588. The Morgan fingerprint density at radius 1 is 1.44 bits per heavy atom. The van der Waals surface area contributed by atoms with Crippen molar-refractivity contribution in [1.29, 1.82) is 0 Å². The smallest absolute Gasteiger partial charge is 0.244 e. The van der Waals surface area contributed by atoms with E-state index in [4.69, 9.17) is 0 Å². The number of amides is 2. The fourth-order valence-electron chi connectivity index (χ4n) is 1.13. The molecule has 4 nitrogen and oxygen atoms in total. The lowest BCUT2D eigenvalue weighted by atomic mass is 10.2. The Hall–Kier alpha value is -0.970. The van der Waals surface area contributed by atoms with Crippen molar-refractivity contribution in [3.05, 3.63) is 12.7 Å². The maximum atomic E-state index is 11.6. The van der Waals surface area contributed by atoms with E-state index < -0.39 is 6.04 Å². The van der Waals surface area contributed by atoms with Crippen molar-refractivity contribution in [3.63, 3.8) is 0 Å². The van der Waals surface area contributed by atoms with Crippen molar-refractivity contribution in [2.75, 3.05) is 12.3 Å². The van der Waals surface area contributed by atoms with E-state index in [1.807, 2.05) is 0 Å². The first-order valence-electron chi connectivity index (χ1n) is 5.47. The van der Waals surface area contributed by atoms with E-state index >= 15 is 0 Å². The number of hydrogen-bond acceptors (Lipinski definition) is 3. The summed E-state index contributed by atoms with van der Waals surface area (Å²) in [5.41, 5.74) is 0. The van der Waals surface area contributed by atoms with Gasteiger partial charge in [0.1, 0.15) is 6.04 Å². The highest BCUT2D eigenvalue weighted by Gasteiger charge is 2.17. The molecule has 0 saturated carbocycles. The van der Waals surface area contributed by atoms with Gasteiger partial charge in [-0.25, -0.2) is 0 Å². The molecule has 1 atom stereocenters. The molecule has 1 unspecified atom stereocenters. The van der Waals surface area contributed by atoms with Crippen LogP contribution in [0.1, 0.15) is 26.2 Å². The van der Waals surface area contributed by atoms with Crippen LogP contribution in [0.4, 0.5) is 0 Å². The van der Waals surface area contributed by atoms with E-state index in [1.165, 1.54) is 0 Å². The topological polar surface area (TPSA) is 58.2 Å². The van der Waals surface area contributed by atoms with Gasteiger partial charge in [-0.3, -0.25) is 9.59 Å². The zero-order chi connectivity index (χ0) is 12.4. The highest BCUT2D eigenvalue weighted by Crippen LogP contribution is 1.93. The van der Waals surface area contributed by atoms with Gasteiger partial charge in [-0.05, 0) is 12.5 Å². The van der Waals surface area contributed by atoms with Crippen molar-refractivity contribution in [1.82, 2.24) is 10.6 Å². The molecule has 2 amide bonds. The first kappa shape index (κ1) is 15.0. The normalized spacial score (nSPS) is 11.6. The van der Waals surface area contributed by atoms with Crippen LogP contribution >= 0.6 is 12.6 Å². The summed E-state index contributed by atoms with van der Waals surface area (Å²) in [6, 6.07) is -0.588. The van der Waals surface area contributed by atoms with E-state index in [9.17, 15) is 9.59 Å². The largest absolute Gasteiger partial charge is 0.354 e. The summed E-state index contributed by atoms with van der Waals surface area (Å²) < 4.78 is 0. The molecule has 16 heavy (non-hydrogen) atoms. The van der Waals surface area contributed by atoms with Crippen LogP contribution in [0.2, 0.25) is 0 Å². The average molecular weight is 244 g/mol. The van der Waals surface area contributed by atoms with Gasteiger partial charge < -0.3 is 10.6 Å². The van der Waals surface area contributed by atoms with Gasteiger partial charge in [0.25, 0.3) is 0 Å². The van der Waals surface area contributed by atoms with Gasteiger partial charge in [0.05, 0.1) is 0 Å². The standard InChI is InChI=1S/C11H20N2O2S/c1-3-5-6-7-12-11(15)9(8-16)13-10(14)4-2/h4,9,16H,2-3,5-8H2,1H3,(H,12,15)(H,13,14). The predicted molar refractivity (Wildman–Crippen MR) is 68.5 cm³/mol. The van der Waals surface area contributed by atoms with Crippen LogP contribution in [0, 0.1) is 0 Å². The minimum absolute atomic E-state index is 0.193. The molecule has 5 heteroatoms. The van der Waals surface area contributed by atoms with Gasteiger partial charge in [0.2, 0.25) is 11.8 Å². The number of carbonyl (C=O) groups excluding carboxylic acids is 2. The highest BCUT2D eigenvalue weighted by atomic mass is 32.1. The van der Waals surface area contributed by atoms with Crippen molar-refractivity contribution < 1.29 is 9.59 Å². The van der Waals surface area contributed by atoms with Crippen LogP contribution in [0.5, 0.6) is 0 Å². The van der Waals surface area contributed by atoms with E-state index in [-0.39, 0.29) is 17.6 Å². The molecule has 0 fully saturated rings. The van der Waals surface area contributed by atoms with Crippen LogP contribution in [0.25, 0.3) is 0 Å². The lowest BCUT2D eigenvalue weighted by Crippen LogP contribution is -2.47. The predicted octanol–water partition coefficient (Wildman–Crippen LogP) is 0.893. The number of carbonyl (C=O) groups is 2. The van der Waals surface area contributed by atoms with Crippen LogP contribution < -0.4 is 10.6 Å². The zero-order valence-electron chi connectivity index (χ0n) is 9.66. The summed E-state index contributed by atoms with van der Waals surface area (Å²) in [4.78, 5) is 22.6. The Bertz CT molecular complexity index is 244. The lowest BCUT2D eigenvalue weighted by Gasteiger charge is -2.15. The van der Waals surface area contributed by atoms with Gasteiger partial charge >= 0.3 is 0 Å². The van der Waals surface area contributed by atoms with E-state index in [0.717, 1.165) is 25.3 Å². The molecular formula is C11H20N2O2S.